The van der Waals surface area contributed by atoms with Gasteiger partial charge in [0.15, 0.2) is 0 Å². The Bertz CT molecular complexity index is 1300. The number of hydrogen-bond acceptors (Lipinski definition) is 4. The first kappa shape index (κ1) is 24.0. The standard InChI is InChI=1S/C24H24F3N3O3S/c1-17(28-34(32,33)22-10-9-18-5-2-3-6-19(18)15-22)23(31)30-13-11-29(12-14-30)21-8-4-7-20(16-21)24(25,26)27/h2-10,15-17,28H,11-14H2,1H3/t17-/m0/s1. The molecule has 3 aromatic carbocycles. The van der Waals surface area contributed by atoms with Crippen LogP contribution < -0.4 is 9.62 Å². The predicted octanol–water partition coefficient (Wildman–Crippen LogP) is 3.87. The van der Waals surface area contributed by atoms with E-state index in [9.17, 15) is 26.4 Å². The predicted molar refractivity (Wildman–Crippen MR) is 124 cm³/mol. The molecule has 180 valence electrons. The lowest BCUT2D eigenvalue weighted by atomic mass is 10.1. The summed E-state index contributed by atoms with van der Waals surface area (Å²) in [5, 5.41) is 1.68. The maximum absolute atomic E-state index is 13.0. The second kappa shape index (κ2) is 9.27. The number of hydrogen-bond donors (Lipinski definition) is 1. The number of alkyl halides is 3. The van der Waals surface area contributed by atoms with Crippen LogP contribution in [0.4, 0.5) is 18.9 Å². The van der Waals surface area contributed by atoms with Gasteiger partial charge in [0.1, 0.15) is 0 Å². The zero-order valence-electron chi connectivity index (χ0n) is 18.4. The molecular formula is C24H24F3N3O3S. The highest BCUT2D eigenvalue weighted by Crippen LogP contribution is 2.32. The Morgan fingerprint density at radius 1 is 0.912 bits per heavy atom. The molecule has 0 radical (unpaired) electrons. The second-order valence-corrected chi connectivity index (χ2v) is 9.93. The number of piperazine rings is 1. The largest absolute Gasteiger partial charge is 0.416 e. The average molecular weight is 492 g/mol. The first-order valence-electron chi connectivity index (χ1n) is 10.8. The monoisotopic (exact) mass is 491 g/mol. The summed E-state index contributed by atoms with van der Waals surface area (Å²) < 4.78 is 67.1. The third-order valence-corrected chi connectivity index (χ3v) is 7.40. The molecule has 1 amide bonds. The summed E-state index contributed by atoms with van der Waals surface area (Å²) in [6, 6.07) is 16.2. The Kier molecular flexibility index (Phi) is 6.55. The van der Waals surface area contributed by atoms with Crippen LogP contribution in [0.25, 0.3) is 10.8 Å². The number of carbonyl (C=O) groups is 1. The molecule has 34 heavy (non-hydrogen) atoms. The van der Waals surface area contributed by atoms with Gasteiger partial charge >= 0.3 is 6.18 Å². The molecule has 10 heteroatoms. The van der Waals surface area contributed by atoms with Gasteiger partial charge in [-0.2, -0.15) is 17.9 Å². The van der Waals surface area contributed by atoms with Gasteiger partial charge in [0.05, 0.1) is 16.5 Å². The summed E-state index contributed by atoms with van der Waals surface area (Å²) in [6.07, 6.45) is -4.43. The number of fused-ring (bicyclic) bond motifs is 1. The van der Waals surface area contributed by atoms with E-state index in [1.54, 1.807) is 23.1 Å². The van der Waals surface area contributed by atoms with Crippen LogP contribution >= 0.6 is 0 Å². The van der Waals surface area contributed by atoms with Gasteiger partial charge in [0, 0.05) is 31.9 Å². The highest BCUT2D eigenvalue weighted by Gasteiger charge is 2.32. The number of carbonyl (C=O) groups excluding carboxylic acids is 1. The fourth-order valence-corrected chi connectivity index (χ4v) is 5.26. The number of rotatable bonds is 5. The van der Waals surface area contributed by atoms with Crippen molar-refractivity contribution in [1.29, 1.82) is 0 Å². The number of sulfonamides is 1. The first-order valence-corrected chi connectivity index (χ1v) is 12.2. The van der Waals surface area contributed by atoms with Crippen molar-refractivity contribution < 1.29 is 26.4 Å². The number of amides is 1. The summed E-state index contributed by atoms with van der Waals surface area (Å²) in [6.45, 7) is 2.72. The molecule has 0 bridgehead atoms. The highest BCUT2D eigenvalue weighted by molar-refractivity contribution is 7.89. The normalized spacial score (nSPS) is 16.0. The lowest BCUT2D eigenvalue weighted by Crippen LogP contribution is -2.54. The molecule has 1 fully saturated rings. The molecule has 1 aliphatic heterocycles. The van der Waals surface area contributed by atoms with E-state index in [4.69, 9.17) is 0 Å². The Balaban J connectivity index is 1.39. The van der Waals surface area contributed by atoms with Gasteiger partial charge < -0.3 is 9.80 Å². The summed E-state index contributed by atoms with van der Waals surface area (Å²) >= 11 is 0. The van der Waals surface area contributed by atoms with Gasteiger partial charge in [0.2, 0.25) is 15.9 Å². The molecule has 1 N–H and O–H groups in total. The van der Waals surface area contributed by atoms with Crippen molar-refractivity contribution >= 4 is 32.4 Å². The number of benzene rings is 3. The Hall–Kier alpha value is -3.11. The van der Waals surface area contributed by atoms with E-state index in [1.807, 2.05) is 24.3 Å². The molecule has 0 spiro atoms. The fourth-order valence-electron chi connectivity index (χ4n) is 4.02. The summed E-state index contributed by atoms with van der Waals surface area (Å²) in [5.41, 5.74) is -0.285. The highest BCUT2D eigenvalue weighted by atomic mass is 32.2. The van der Waals surface area contributed by atoms with Crippen LogP contribution in [-0.2, 0) is 21.0 Å². The van der Waals surface area contributed by atoms with Crippen LogP contribution in [0.2, 0.25) is 0 Å². The van der Waals surface area contributed by atoms with Crippen molar-refractivity contribution in [3.63, 3.8) is 0 Å². The fraction of sp³-hybridized carbons (Fsp3) is 0.292. The van der Waals surface area contributed by atoms with Gasteiger partial charge in [-0.15, -0.1) is 0 Å². The number of anilines is 1. The number of nitrogens with zero attached hydrogens (tertiary/aromatic N) is 2. The minimum absolute atomic E-state index is 0.0696. The average Bonchev–Trinajstić information content (AvgIpc) is 2.82. The molecule has 0 aliphatic carbocycles. The zero-order valence-corrected chi connectivity index (χ0v) is 19.2. The molecule has 0 aromatic heterocycles. The Morgan fingerprint density at radius 2 is 1.59 bits per heavy atom. The number of halogens is 3. The Morgan fingerprint density at radius 3 is 2.26 bits per heavy atom. The second-order valence-electron chi connectivity index (χ2n) is 8.21. The van der Waals surface area contributed by atoms with Crippen LogP contribution in [0, 0.1) is 0 Å². The Labute approximate surface area is 196 Å². The molecule has 6 nitrogen and oxygen atoms in total. The van der Waals surface area contributed by atoms with Crippen molar-refractivity contribution in [3.05, 3.63) is 72.3 Å². The molecule has 3 aromatic rings. The molecule has 0 saturated carbocycles. The molecule has 1 atom stereocenters. The summed E-state index contributed by atoms with van der Waals surface area (Å²) in [7, 11) is -3.92. The van der Waals surface area contributed by atoms with E-state index in [0.717, 1.165) is 22.9 Å². The molecule has 0 unspecified atom stereocenters. The SMILES string of the molecule is C[C@H](NS(=O)(=O)c1ccc2ccccc2c1)C(=O)N1CCN(c2cccc(C(F)(F)F)c2)CC1. The third-order valence-electron chi connectivity index (χ3n) is 5.86. The minimum atomic E-state index is -4.43. The molecular weight excluding hydrogens is 467 g/mol. The summed E-state index contributed by atoms with van der Waals surface area (Å²) in [5.74, 6) is -0.381. The zero-order chi connectivity index (χ0) is 24.5. The maximum Gasteiger partial charge on any atom is 0.416 e. The van der Waals surface area contributed by atoms with E-state index in [2.05, 4.69) is 4.72 Å². The van der Waals surface area contributed by atoms with Crippen molar-refractivity contribution in [1.82, 2.24) is 9.62 Å². The molecule has 1 heterocycles. The lowest BCUT2D eigenvalue weighted by Gasteiger charge is -2.37. The van der Waals surface area contributed by atoms with Gasteiger partial charge in [-0.1, -0.05) is 36.4 Å². The van der Waals surface area contributed by atoms with Crippen LogP contribution in [0.15, 0.2) is 71.6 Å². The van der Waals surface area contributed by atoms with Crippen LogP contribution in [0.5, 0.6) is 0 Å². The maximum atomic E-state index is 13.0. The molecule has 1 aliphatic rings. The van der Waals surface area contributed by atoms with Crippen LogP contribution in [0.3, 0.4) is 0 Å². The third kappa shape index (κ3) is 5.18. The van der Waals surface area contributed by atoms with E-state index in [-0.39, 0.29) is 23.9 Å². The van der Waals surface area contributed by atoms with Crippen LogP contribution in [0.1, 0.15) is 12.5 Å². The van der Waals surface area contributed by atoms with Gasteiger partial charge in [-0.3, -0.25) is 4.79 Å². The van der Waals surface area contributed by atoms with Gasteiger partial charge in [0.25, 0.3) is 0 Å². The topological polar surface area (TPSA) is 69.7 Å². The smallest absolute Gasteiger partial charge is 0.368 e. The first-order chi connectivity index (χ1) is 16.0. The molecule has 4 rings (SSSR count). The van der Waals surface area contributed by atoms with Gasteiger partial charge in [-0.25, -0.2) is 8.42 Å². The van der Waals surface area contributed by atoms with E-state index in [0.29, 0.717) is 18.8 Å². The lowest BCUT2D eigenvalue weighted by molar-refractivity contribution is -0.137. The van der Waals surface area contributed by atoms with Crippen molar-refractivity contribution in [2.45, 2.75) is 24.0 Å². The van der Waals surface area contributed by atoms with Gasteiger partial charge in [-0.05, 0) is 48.0 Å². The van der Waals surface area contributed by atoms with Crippen molar-refractivity contribution in [2.24, 2.45) is 0 Å². The van der Waals surface area contributed by atoms with Crippen LogP contribution in [-0.4, -0.2) is 51.4 Å². The van der Waals surface area contributed by atoms with E-state index < -0.39 is 27.8 Å². The van der Waals surface area contributed by atoms with Crippen molar-refractivity contribution in [2.75, 3.05) is 31.1 Å². The molecule has 1 saturated heterocycles. The van der Waals surface area contributed by atoms with Crippen molar-refractivity contribution in [3.8, 4) is 0 Å². The quantitative estimate of drug-likeness (QED) is 0.588. The minimum Gasteiger partial charge on any atom is -0.368 e. The van der Waals surface area contributed by atoms with E-state index >= 15 is 0 Å². The number of nitrogens with one attached hydrogen (secondary N) is 1. The van der Waals surface area contributed by atoms with E-state index in [1.165, 1.54) is 24.0 Å². The summed E-state index contributed by atoms with van der Waals surface area (Å²) in [4.78, 5) is 16.3.